The van der Waals surface area contributed by atoms with Gasteiger partial charge in [0.1, 0.15) is 12.4 Å². The first-order valence-corrected chi connectivity index (χ1v) is 7.59. The summed E-state index contributed by atoms with van der Waals surface area (Å²) in [6.07, 6.45) is 1.03. The Bertz CT molecular complexity index is 507. The molecule has 0 saturated heterocycles. The Balaban J connectivity index is 0.00000102. The molecule has 0 aliphatic rings. The molecule has 2 rings (SSSR count). The van der Waals surface area contributed by atoms with E-state index >= 15 is 0 Å². The first-order chi connectivity index (χ1) is 10.8. The van der Waals surface area contributed by atoms with E-state index in [1.807, 2.05) is 56.3 Å². The summed E-state index contributed by atoms with van der Waals surface area (Å²) in [6, 6.07) is 17.7. The Kier molecular flexibility index (Phi) is 11.4. The topological polar surface area (TPSA) is 53.3 Å². The Morgan fingerprint density at radius 3 is 2.00 bits per heavy atom. The van der Waals surface area contributed by atoms with Gasteiger partial charge in [-0.3, -0.25) is 0 Å². The van der Waals surface area contributed by atoms with Crippen LogP contribution < -0.4 is 4.74 Å². The number of rotatable bonds is 5. The molecule has 0 amide bonds. The third-order valence-electron chi connectivity index (χ3n) is 2.84. The molecule has 3 nitrogen and oxygen atoms in total. The van der Waals surface area contributed by atoms with Gasteiger partial charge < -0.3 is 15.3 Å². The Morgan fingerprint density at radius 2 is 1.50 bits per heavy atom. The first-order valence-electron chi connectivity index (χ1n) is 7.59. The lowest BCUT2D eigenvalue weighted by Crippen LogP contribution is -2.11. The van der Waals surface area contributed by atoms with Crippen molar-refractivity contribution in [3.8, 4) is 5.75 Å². The van der Waals surface area contributed by atoms with Crippen LogP contribution in [-0.2, 0) is 6.42 Å². The van der Waals surface area contributed by atoms with E-state index in [0.29, 0.717) is 12.3 Å². The van der Waals surface area contributed by atoms with E-state index in [1.54, 1.807) is 0 Å². The summed E-state index contributed by atoms with van der Waals surface area (Å²) >= 11 is 0. The van der Waals surface area contributed by atoms with Gasteiger partial charge in [-0.2, -0.15) is 0 Å². The number of aliphatic hydroxyl groups excluding tert-OH is 1. The number of hydrogen-bond acceptors (Lipinski definition) is 3. The van der Waals surface area contributed by atoms with Crippen molar-refractivity contribution in [2.75, 3.05) is 13.7 Å². The molecule has 0 spiro atoms. The zero-order valence-corrected chi connectivity index (χ0v) is 14.0. The second kappa shape index (κ2) is 12.6. The molecule has 2 aromatic carbocycles. The average molecular weight is 301 g/mol. The molecule has 22 heavy (non-hydrogen) atoms. The Hall–Kier alpha value is -2.13. The number of hydrogen-bond donors (Lipinski definition) is 2. The largest absolute Gasteiger partial charge is 0.487 e. The van der Waals surface area contributed by atoms with Crippen LogP contribution in [0.25, 0.3) is 0 Å². The predicted molar refractivity (Wildman–Crippen MR) is 94.1 cm³/mol. The second-order valence-electron chi connectivity index (χ2n) is 4.13. The lowest BCUT2D eigenvalue weighted by atomic mass is 10.1. The molecule has 120 valence electrons. The molecule has 0 aliphatic heterocycles. The minimum absolute atomic E-state index is 0.301. The van der Waals surface area contributed by atoms with Crippen molar-refractivity contribution < 1.29 is 9.84 Å². The van der Waals surface area contributed by atoms with Crippen LogP contribution in [-0.4, -0.2) is 24.5 Å². The predicted octanol–water partition coefficient (Wildman–Crippen LogP) is 4.33. The summed E-state index contributed by atoms with van der Waals surface area (Å²) in [5, 5.41) is 14.9. The fourth-order valence-corrected chi connectivity index (χ4v) is 1.70. The van der Waals surface area contributed by atoms with Crippen molar-refractivity contribution in [1.82, 2.24) is 0 Å². The molecular weight excluding hydrogens is 274 g/mol. The molecule has 2 aromatic rings. The monoisotopic (exact) mass is 301 g/mol. The SMILES string of the molecule is CC.CCc1ccc(OCC(=N)c2ccccc2)cc1.CO. The number of benzene rings is 2. The molecule has 0 atom stereocenters. The van der Waals surface area contributed by atoms with Crippen molar-refractivity contribution in [3.05, 3.63) is 65.7 Å². The first kappa shape index (κ1) is 19.9. The maximum absolute atomic E-state index is 7.93. The highest BCUT2D eigenvalue weighted by Crippen LogP contribution is 2.13. The molecule has 0 aromatic heterocycles. The van der Waals surface area contributed by atoms with E-state index in [-0.39, 0.29) is 0 Å². The van der Waals surface area contributed by atoms with Crippen LogP contribution in [0.3, 0.4) is 0 Å². The highest BCUT2D eigenvalue weighted by atomic mass is 16.5. The van der Waals surface area contributed by atoms with Crippen LogP contribution in [0, 0.1) is 5.41 Å². The summed E-state index contributed by atoms with van der Waals surface area (Å²) in [6.45, 7) is 6.43. The quantitative estimate of drug-likeness (QED) is 0.808. The Labute approximate surface area is 134 Å². The third kappa shape index (κ3) is 7.04. The smallest absolute Gasteiger partial charge is 0.130 e. The van der Waals surface area contributed by atoms with Crippen molar-refractivity contribution in [3.63, 3.8) is 0 Å². The maximum Gasteiger partial charge on any atom is 0.130 e. The summed E-state index contributed by atoms with van der Waals surface area (Å²) in [4.78, 5) is 0. The van der Waals surface area contributed by atoms with Gasteiger partial charge in [-0.1, -0.05) is 63.2 Å². The molecule has 0 aliphatic carbocycles. The van der Waals surface area contributed by atoms with Crippen molar-refractivity contribution in [2.24, 2.45) is 0 Å². The number of aliphatic hydroxyl groups is 1. The molecule has 3 heteroatoms. The van der Waals surface area contributed by atoms with Gasteiger partial charge in [0.2, 0.25) is 0 Å². The fraction of sp³-hybridized carbons (Fsp3) is 0.316. The average Bonchev–Trinajstić information content (AvgIpc) is 2.64. The van der Waals surface area contributed by atoms with Gasteiger partial charge in [0.25, 0.3) is 0 Å². The summed E-state index contributed by atoms with van der Waals surface area (Å²) in [5.41, 5.74) is 2.69. The Morgan fingerprint density at radius 1 is 0.955 bits per heavy atom. The van der Waals surface area contributed by atoms with Crippen LogP contribution in [0.1, 0.15) is 31.9 Å². The van der Waals surface area contributed by atoms with Gasteiger partial charge >= 0.3 is 0 Å². The van der Waals surface area contributed by atoms with Gasteiger partial charge in [0, 0.05) is 7.11 Å². The molecule has 0 radical (unpaired) electrons. The van der Waals surface area contributed by atoms with E-state index < -0.39 is 0 Å². The van der Waals surface area contributed by atoms with Crippen molar-refractivity contribution in [1.29, 1.82) is 5.41 Å². The van der Waals surface area contributed by atoms with Crippen LogP contribution in [0.4, 0.5) is 0 Å². The highest BCUT2D eigenvalue weighted by Gasteiger charge is 2.01. The molecule has 0 fully saturated rings. The summed E-state index contributed by atoms with van der Waals surface area (Å²) in [7, 11) is 1.00. The summed E-state index contributed by atoms with van der Waals surface area (Å²) in [5.74, 6) is 0.813. The molecule has 0 unspecified atom stereocenters. The number of aryl methyl sites for hydroxylation is 1. The zero-order valence-electron chi connectivity index (χ0n) is 14.0. The highest BCUT2D eigenvalue weighted by molar-refractivity contribution is 5.99. The van der Waals surface area contributed by atoms with Crippen LogP contribution in [0.2, 0.25) is 0 Å². The minimum atomic E-state index is 0.301. The molecule has 0 bridgehead atoms. The maximum atomic E-state index is 7.93. The fourth-order valence-electron chi connectivity index (χ4n) is 1.70. The van der Waals surface area contributed by atoms with Gasteiger partial charge in [0.15, 0.2) is 0 Å². The van der Waals surface area contributed by atoms with Crippen molar-refractivity contribution in [2.45, 2.75) is 27.2 Å². The lowest BCUT2D eigenvalue weighted by Gasteiger charge is -2.08. The van der Waals surface area contributed by atoms with E-state index in [0.717, 1.165) is 24.8 Å². The molecular formula is C19H27NO2. The second-order valence-corrected chi connectivity index (χ2v) is 4.13. The van der Waals surface area contributed by atoms with E-state index in [4.69, 9.17) is 15.3 Å². The van der Waals surface area contributed by atoms with Crippen LogP contribution in [0.5, 0.6) is 5.75 Å². The number of ether oxygens (including phenoxy) is 1. The number of nitrogens with one attached hydrogen (secondary N) is 1. The van der Waals surface area contributed by atoms with Crippen molar-refractivity contribution >= 4 is 5.71 Å². The van der Waals surface area contributed by atoms with Gasteiger partial charge in [-0.15, -0.1) is 0 Å². The normalized spacial score (nSPS) is 8.77. The van der Waals surface area contributed by atoms with E-state index in [1.165, 1.54) is 5.56 Å². The molecule has 0 heterocycles. The van der Waals surface area contributed by atoms with Crippen LogP contribution in [0.15, 0.2) is 54.6 Å². The third-order valence-corrected chi connectivity index (χ3v) is 2.84. The standard InChI is InChI=1S/C16H17NO.C2H6.CH4O/c1-2-13-8-10-15(11-9-13)18-12-16(17)14-6-4-3-5-7-14;2*1-2/h3-11,17H,2,12H2,1H3;1-2H3;2H,1H3. The van der Waals surface area contributed by atoms with Crippen LogP contribution >= 0.6 is 0 Å². The summed E-state index contributed by atoms with van der Waals surface area (Å²) < 4.78 is 5.60. The lowest BCUT2D eigenvalue weighted by molar-refractivity contribution is 0.376. The van der Waals surface area contributed by atoms with E-state index in [2.05, 4.69) is 19.1 Å². The molecule has 2 N–H and O–H groups in total. The van der Waals surface area contributed by atoms with Gasteiger partial charge in [0.05, 0.1) is 5.71 Å². The van der Waals surface area contributed by atoms with Gasteiger partial charge in [-0.25, -0.2) is 0 Å². The van der Waals surface area contributed by atoms with E-state index in [9.17, 15) is 0 Å². The van der Waals surface area contributed by atoms with Gasteiger partial charge in [-0.05, 0) is 29.7 Å². The molecule has 0 saturated carbocycles. The minimum Gasteiger partial charge on any atom is -0.487 e. The zero-order chi connectivity index (χ0) is 16.8.